The molecule has 0 spiro atoms. The molecule has 0 amide bonds. The molecule has 2 unspecified atom stereocenters. The molecule has 2 atom stereocenters. The second kappa shape index (κ2) is 8.89. The summed E-state index contributed by atoms with van der Waals surface area (Å²) in [5, 5.41) is 3.97. The highest BCUT2D eigenvalue weighted by molar-refractivity contribution is 5.40. The summed E-state index contributed by atoms with van der Waals surface area (Å²) < 4.78 is 0. The van der Waals surface area contributed by atoms with Crippen molar-refractivity contribution in [1.29, 1.82) is 0 Å². The molecule has 1 aliphatic rings. The third kappa shape index (κ3) is 4.44. The molecule has 2 heteroatoms. The molecule has 2 nitrogen and oxygen atoms in total. The second-order valence-corrected chi connectivity index (χ2v) is 9.96. The number of allylic oxidation sites excluding steroid dienone is 3. The zero-order valence-electron chi connectivity index (χ0n) is 19.6. The molecule has 0 aliphatic heterocycles. The minimum atomic E-state index is -0.341. The molecule has 160 valence electrons. The minimum absolute atomic E-state index is 0.0984. The van der Waals surface area contributed by atoms with Crippen molar-refractivity contribution in [2.75, 3.05) is 0 Å². The topological polar surface area (TPSA) is 24.9 Å². The third-order valence-corrected chi connectivity index (χ3v) is 7.25. The quantitative estimate of drug-likeness (QED) is 0.522. The van der Waals surface area contributed by atoms with Crippen molar-refractivity contribution in [2.45, 2.75) is 72.4 Å². The summed E-state index contributed by atoms with van der Waals surface area (Å²) in [6.07, 6.45) is 12.0. The lowest BCUT2D eigenvalue weighted by atomic mass is 9.58. The zero-order valence-corrected chi connectivity index (χ0v) is 19.6. The minimum Gasteiger partial charge on any atom is -0.300 e. The van der Waals surface area contributed by atoms with Gasteiger partial charge in [0.25, 0.3) is 0 Å². The molecule has 0 fully saturated rings. The van der Waals surface area contributed by atoms with Gasteiger partial charge in [-0.15, -0.1) is 0 Å². The number of nitrogens with one attached hydrogen (secondary N) is 1. The van der Waals surface area contributed by atoms with Gasteiger partial charge in [-0.05, 0) is 54.4 Å². The van der Waals surface area contributed by atoms with Crippen molar-refractivity contribution in [3.05, 3.63) is 89.8 Å². The maximum Gasteiger partial charge on any atom is 0.0869 e. The molecule has 0 saturated heterocycles. The molecule has 1 aromatic heterocycles. The molecule has 30 heavy (non-hydrogen) atoms. The molecule has 0 saturated carbocycles. The summed E-state index contributed by atoms with van der Waals surface area (Å²) in [7, 11) is 0. The Hall–Kier alpha value is -2.19. The van der Waals surface area contributed by atoms with E-state index in [0.29, 0.717) is 6.04 Å². The number of rotatable bonds is 8. The maximum atomic E-state index is 4.88. The van der Waals surface area contributed by atoms with Crippen LogP contribution in [0.15, 0.2) is 78.5 Å². The van der Waals surface area contributed by atoms with Crippen molar-refractivity contribution < 1.29 is 0 Å². The Morgan fingerprint density at radius 2 is 1.77 bits per heavy atom. The molecular formula is C28H38N2. The molecule has 2 aromatic rings. The van der Waals surface area contributed by atoms with Crippen LogP contribution in [-0.2, 0) is 12.0 Å². The van der Waals surface area contributed by atoms with Crippen molar-refractivity contribution in [1.82, 2.24) is 10.3 Å². The SMILES string of the molecule is CCC(C)(C)C1(C)C=CC=C(C(Cc2ccccc2)(NC(C)C)c2ccccn2)C1. The van der Waals surface area contributed by atoms with Gasteiger partial charge in [-0.2, -0.15) is 0 Å². The van der Waals surface area contributed by atoms with E-state index in [2.05, 4.69) is 108 Å². The highest BCUT2D eigenvalue weighted by atomic mass is 15.0. The number of hydrogen-bond acceptors (Lipinski definition) is 2. The number of hydrogen-bond donors (Lipinski definition) is 1. The van der Waals surface area contributed by atoms with Gasteiger partial charge < -0.3 is 5.32 Å². The Labute approximate surface area is 183 Å². The van der Waals surface area contributed by atoms with Crippen LogP contribution in [0.3, 0.4) is 0 Å². The Balaban J connectivity index is 2.15. The van der Waals surface area contributed by atoms with Crippen LogP contribution >= 0.6 is 0 Å². The molecule has 1 aliphatic carbocycles. The first-order valence-corrected chi connectivity index (χ1v) is 11.3. The first-order valence-electron chi connectivity index (χ1n) is 11.3. The first-order chi connectivity index (χ1) is 14.2. The monoisotopic (exact) mass is 402 g/mol. The smallest absolute Gasteiger partial charge is 0.0869 e. The molecule has 3 rings (SSSR count). The zero-order chi connectivity index (χ0) is 21.8. The third-order valence-electron chi connectivity index (χ3n) is 7.25. The lowest BCUT2D eigenvalue weighted by Gasteiger charge is -2.48. The van der Waals surface area contributed by atoms with Gasteiger partial charge in [0.1, 0.15) is 0 Å². The van der Waals surface area contributed by atoms with Gasteiger partial charge in [-0.1, -0.05) is 88.7 Å². The largest absolute Gasteiger partial charge is 0.300 e. The second-order valence-electron chi connectivity index (χ2n) is 9.96. The van der Waals surface area contributed by atoms with E-state index in [1.165, 1.54) is 11.1 Å². The standard InChI is InChI=1S/C28H38N2/c1-7-26(4,5)27(6)18-13-16-24(21-27)28(30-22(2)3,25-17-11-12-19-29-25)20-23-14-9-8-10-15-23/h8-19,22,30H,7,20-21H2,1-6H3. The van der Waals surface area contributed by atoms with Gasteiger partial charge in [0.05, 0.1) is 11.2 Å². The van der Waals surface area contributed by atoms with E-state index in [4.69, 9.17) is 4.98 Å². The lowest BCUT2D eigenvalue weighted by molar-refractivity contribution is 0.127. The summed E-state index contributed by atoms with van der Waals surface area (Å²) >= 11 is 0. The van der Waals surface area contributed by atoms with E-state index >= 15 is 0 Å². The molecule has 1 N–H and O–H groups in total. The summed E-state index contributed by atoms with van der Waals surface area (Å²) in [5.41, 5.74) is 3.81. The fourth-order valence-electron chi connectivity index (χ4n) is 4.65. The highest BCUT2D eigenvalue weighted by Crippen LogP contribution is 2.51. The molecule has 0 radical (unpaired) electrons. The van der Waals surface area contributed by atoms with E-state index in [-0.39, 0.29) is 16.4 Å². The van der Waals surface area contributed by atoms with Crippen molar-refractivity contribution in [2.24, 2.45) is 10.8 Å². The predicted octanol–water partition coefficient (Wildman–Crippen LogP) is 6.85. The van der Waals surface area contributed by atoms with Crippen LogP contribution in [-0.4, -0.2) is 11.0 Å². The van der Waals surface area contributed by atoms with Gasteiger partial charge in [-0.3, -0.25) is 4.98 Å². The van der Waals surface area contributed by atoms with Crippen LogP contribution in [0.5, 0.6) is 0 Å². The molecule has 0 bridgehead atoms. The Morgan fingerprint density at radius 1 is 1.07 bits per heavy atom. The van der Waals surface area contributed by atoms with Crippen LogP contribution in [0.25, 0.3) is 0 Å². The predicted molar refractivity (Wildman–Crippen MR) is 128 cm³/mol. The van der Waals surface area contributed by atoms with E-state index in [1.807, 2.05) is 12.3 Å². The van der Waals surface area contributed by atoms with E-state index in [9.17, 15) is 0 Å². The maximum absolute atomic E-state index is 4.88. The number of pyridine rings is 1. The van der Waals surface area contributed by atoms with E-state index < -0.39 is 0 Å². The van der Waals surface area contributed by atoms with Gasteiger partial charge in [0, 0.05) is 18.7 Å². The van der Waals surface area contributed by atoms with Crippen molar-refractivity contribution in [3.8, 4) is 0 Å². The highest BCUT2D eigenvalue weighted by Gasteiger charge is 2.45. The van der Waals surface area contributed by atoms with Gasteiger partial charge in [-0.25, -0.2) is 0 Å². The molecular weight excluding hydrogens is 364 g/mol. The molecule has 1 aromatic carbocycles. The van der Waals surface area contributed by atoms with Crippen LogP contribution in [0.1, 0.15) is 65.6 Å². The fraction of sp³-hybridized carbons (Fsp3) is 0.464. The Bertz CT molecular complexity index is 879. The molecule has 1 heterocycles. The summed E-state index contributed by atoms with van der Waals surface area (Å²) in [6.45, 7) is 14.0. The van der Waals surface area contributed by atoms with Gasteiger partial charge in [0.15, 0.2) is 0 Å². The summed E-state index contributed by atoms with van der Waals surface area (Å²) in [5.74, 6) is 0. The van der Waals surface area contributed by atoms with Gasteiger partial charge in [0.2, 0.25) is 0 Å². The normalized spacial score (nSPS) is 21.4. The van der Waals surface area contributed by atoms with E-state index in [1.54, 1.807) is 0 Å². The van der Waals surface area contributed by atoms with Crippen LogP contribution in [0, 0.1) is 10.8 Å². The van der Waals surface area contributed by atoms with Crippen molar-refractivity contribution in [3.63, 3.8) is 0 Å². The average Bonchev–Trinajstić information content (AvgIpc) is 2.74. The Kier molecular flexibility index (Phi) is 6.67. The first kappa shape index (κ1) is 22.5. The number of benzene rings is 1. The van der Waals surface area contributed by atoms with Crippen LogP contribution in [0.4, 0.5) is 0 Å². The Morgan fingerprint density at radius 3 is 2.37 bits per heavy atom. The number of aromatic nitrogens is 1. The summed E-state index contributed by atoms with van der Waals surface area (Å²) in [4.78, 5) is 4.88. The van der Waals surface area contributed by atoms with Crippen molar-refractivity contribution >= 4 is 0 Å². The van der Waals surface area contributed by atoms with Crippen LogP contribution < -0.4 is 5.32 Å². The number of nitrogens with zero attached hydrogens (tertiary/aromatic N) is 1. The summed E-state index contributed by atoms with van der Waals surface area (Å²) in [6, 6.07) is 17.4. The fourth-order valence-corrected chi connectivity index (χ4v) is 4.65. The van der Waals surface area contributed by atoms with Crippen LogP contribution in [0.2, 0.25) is 0 Å². The average molecular weight is 403 g/mol. The van der Waals surface area contributed by atoms with Gasteiger partial charge >= 0.3 is 0 Å². The lowest BCUT2D eigenvalue weighted by Crippen LogP contribution is -2.51. The van der Waals surface area contributed by atoms with E-state index in [0.717, 1.165) is 25.0 Å².